The van der Waals surface area contributed by atoms with E-state index in [1.807, 2.05) is 6.07 Å². The van der Waals surface area contributed by atoms with Crippen LogP contribution in [0.5, 0.6) is 0 Å². The largest absolute Gasteiger partial charge is 0.344 e. The van der Waals surface area contributed by atoms with Gasteiger partial charge in [0.05, 0.1) is 11.6 Å². The number of oxime groups is 1. The van der Waals surface area contributed by atoms with Crippen LogP contribution in [0.4, 0.5) is 0 Å². The maximum atomic E-state index is 11.6. The van der Waals surface area contributed by atoms with Crippen molar-refractivity contribution in [3.8, 4) is 0 Å². The smallest absolute Gasteiger partial charge is 0.318 e. The highest BCUT2D eigenvalue weighted by Gasteiger charge is 2.40. The number of carbonyl (C=O) groups excluding carboxylic acids is 1. The van der Waals surface area contributed by atoms with Crippen molar-refractivity contribution < 1.29 is 14.6 Å². The molecule has 0 aromatic heterocycles. The van der Waals surface area contributed by atoms with E-state index >= 15 is 0 Å². The molecular weight excluding hydrogens is 236 g/mol. The lowest BCUT2D eigenvalue weighted by Crippen LogP contribution is -2.29. The molecule has 18 heavy (non-hydrogen) atoms. The first-order valence-corrected chi connectivity index (χ1v) is 5.51. The van der Waals surface area contributed by atoms with Gasteiger partial charge in [-0.3, -0.25) is 10.1 Å². The Labute approximate surface area is 103 Å². The summed E-state index contributed by atoms with van der Waals surface area (Å²) in [6, 6.07) is 8.94. The van der Waals surface area contributed by atoms with E-state index in [2.05, 4.69) is 9.99 Å². The van der Waals surface area contributed by atoms with Crippen LogP contribution < -0.4 is 0 Å². The Morgan fingerprint density at radius 3 is 2.61 bits per heavy atom. The number of rotatable bonds is 4. The van der Waals surface area contributed by atoms with Crippen LogP contribution in [0, 0.1) is 16.0 Å². The van der Waals surface area contributed by atoms with E-state index in [1.54, 1.807) is 31.2 Å². The molecule has 1 heterocycles. The third-order valence-electron chi connectivity index (χ3n) is 2.96. The van der Waals surface area contributed by atoms with E-state index in [1.165, 1.54) is 0 Å². The number of hydrogen-bond acceptors (Lipinski definition) is 5. The van der Waals surface area contributed by atoms with Crippen LogP contribution in [0.3, 0.4) is 0 Å². The van der Waals surface area contributed by atoms with Gasteiger partial charge in [0, 0.05) is 4.92 Å². The predicted molar refractivity (Wildman–Crippen MR) is 63.7 cm³/mol. The van der Waals surface area contributed by atoms with Gasteiger partial charge in [-0.1, -0.05) is 35.5 Å². The lowest BCUT2D eigenvalue weighted by Gasteiger charge is -2.17. The average Bonchev–Trinajstić information content (AvgIpc) is 2.67. The van der Waals surface area contributed by atoms with Gasteiger partial charge in [-0.15, -0.1) is 0 Å². The van der Waals surface area contributed by atoms with Gasteiger partial charge in [0.25, 0.3) is 0 Å². The Kier molecular flexibility index (Phi) is 3.36. The van der Waals surface area contributed by atoms with E-state index in [4.69, 9.17) is 0 Å². The summed E-state index contributed by atoms with van der Waals surface area (Å²) in [6.45, 7) is 1.32. The Morgan fingerprint density at radius 2 is 2.11 bits per heavy atom. The van der Waals surface area contributed by atoms with E-state index in [9.17, 15) is 14.9 Å². The maximum absolute atomic E-state index is 11.6. The fourth-order valence-electron chi connectivity index (χ4n) is 2.12. The molecule has 0 bridgehead atoms. The third kappa shape index (κ3) is 2.37. The number of carbonyl (C=O) groups is 1. The topological polar surface area (TPSA) is 81.8 Å². The Morgan fingerprint density at radius 1 is 1.44 bits per heavy atom. The van der Waals surface area contributed by atoms with Crippen molar-refractivity contribution in [1.82, 2.24) is 0 Å². The van der Waals surface area contributed by atoms with Gasteiger partial charge < -0.3 is 4.84 Å². The van der Waals surface area contributed by atoms with Crippen LogP contribution in [-0.2, 0) is 9.63 Å². The highest BCUT2D eigenvalue weighted by molar-refractivity contribution is 6.04. The molecule has 1 aromatic carbocycles. The molecule has 0 saturated heterocycles. The summed E-state index contributed by atoms with van der Waals surface area (Å²) >= 11 is 0. The first-order chi connectivity index (χ1) is 8.59. The SMILES string of the molecule is CC1=NOC(=O)C1C(C[N+](=O)[O-])c1ccccc1. The number of benzene rings is 1. The van der Waals surface area contributed by atoms with Gasteiger partial charge in [0.15, 0.2) is 0 Å². The van der Waals surface area contributed by atoms with Crippen molar-refractivity contribution in [2.75, 3.05) is 6.54 Å². The molecule has 94 valence electrons. The molecular formula is C12H12N2O4. The third-order valence-corrected chi connectivity index (χ3v) is 2.96. The molecule has 1 aliphatic rings. The van der Waals surface area contributed by atoms with Gasteiger partial charge in [0.2, 0.25) is 6.54 Å². The van der Waals surface area contributed by atoms with Crippen LogP contribution in [0.1, 0.15) is 18.4 Å². The summed E-state index contributed by atoms with van der Waals surface area (Å²) in [4.78, 5) is 26.6. The Balaban J connectivity index is 2.34. The van der Waals surface area contributed by atoms with Gasteiger partial charge in [-0.25, -0.2) is 4.79 Å². The zero-order chi connectivity index (χ0) is 13.1. The lowest BCUT2D eigenvalue weighted by atomic mass is 9.83. The molecule has 6 nitrogen and oxygen atoms in total. The number of nitro groups is 1. The van der Waals surface area contributed by atoms with Crippen LogP contribution in [0.2, 0.25) is 0 Å². The molecule has 1 aromatic rings. The molecule has 6 heteroatoms. The summed E-state index contributed by atoms with van der Waals surface area (Å²) in [6.07, 6.45) is 0. The molecule has 0 aliphatic carbocycles. The molecule has 0 fully saturated rings. The standard InChI is InChI=1S/C12H12N2O4/c1-8-11(12(15)18-13-8)10(7-14(16)17)9-5-3-2-4-6-9/h2-6,10-11H,7H2,1H3. The van der Waals surface area contributed by atoms with Crippen molar-refractivity contribution in [3.05, 3.63) is 46.0 Å². The summed E-state index contributed by atoms with van der Waals surface area (Å²) in [7, 11) is 0. The molecule has 1 aliphatic heterocycles. The molecule has 2 rings (SSSR count). The lowest BCUT2D eigenvalue weighted by molar-refractivity contribution is -0.484. The minimum absolute atomic E-state index is 0.323. The minimum atomic E-state index is -0.669. The van der Waals surface area contributed by atoms with Crippen LogP contribution >= 0.6 is 0 Å². The van der Waals surface area contributed by atoms with Gasteiger partial charge in [0.1, 0.15) is 5.92 Å². The van der Waals surface area contributed by atoms with Gasteiger partial charge in [-0.05, 0) is 12.5 Å². The van der Waals surface area contributed by atoms with E-state index in [-0.39, 0.29) is 6.54 Å². The highest BCUT2D eigenvalue weighted by atomic mass is 16.7. The second-order valence-corrected chi connectivity index (χ2v) is 4.15. The van der Waals surface area contributed by atoms with E-state index in [0.717, 1.165) is 5.56 Å². The summed E-state index contributed by atoms with van der Waals surface area (Å²) in [5.41, 5.74) is 1.23. The zero-order valence-electron chi connectivity index (χ0n) is 9.78. The predicted octanol–water partition coefficient (Wildman–Crippen LogP) is 1.60. The average molecular weight is 248 g/mol. The zero-order valence-corrected chi connectivity index (χ0v) is 9.78. The van der Waals surface area contributed by atoms with Crippen LogP contribution in [0.15, 0.2) is 35.5 Å². The molecule has 0 N–H and O–H groups in total. The second kappa shape index (κ2) is 4.95. The van der Waals surface area contributed by atoms with E-state index in [0.29, 0.717) is 5.71 Å². The molecule has 0 saturated carbocycles. The van der Waals surface area contributed by atoms with Crippen LogP contribution in [0.25, 0.3) is 0 Å². The van der Waals surface area contributed by atoms with Crippen molar-refractivity contribution in [2.45, 2.75) is 12.8 Å². The van der Waals surface area contributed by atoms with Crippen molar-refractivity contribution in [1.29, 1.82) is 0 Å². The monoisotopic (exact) mass is 248 g/mol. The first kappa shape index (κ1) is 12.2. The van der Waals surface area contributed by atoms with E-state index < -0.39 is 22.7 Å². The van der Waals surface area contributed by atoms with Gasteiger partial charge in [-0.2, -0.15) is 0 Å². The molecule has 0 radical (unpaired) electrons. The molecule has 0 amide bonds. The Hall–Kier alpha value is -2.24. The molecule has 2 unspecified atom stereocenters. The fraction of sp³-hybridized carbons (Fsp3) is 0.333. The summed E-state index contributed by atoms with van der Waals surface area (Å²) in [5, 5.41) is 14.4. The van der Waals surface area contributed by atoms with Gasteiger partial charge >= 0.3 is 5.97 Å². The first-order valence-electron chi connectivity index (χ1n) is 5.51. The van der Waals surface area contributed by atoms with Crippen molar-refractivity contribution in [3.63, 3.8) is 0 Å². The second-order valence-electron chi connectivity index (χ2n) is 4.15. The minimum Gasteiger partial charge on any atom is -0.318 e. The maximum Gasteiger partial charge on any atom is 0.344 e. The quantitative estimate of drug-likeness (QED) is 0.460. The highest BCUT2D eigenvalue weighted by Crippen LogP contribution is 2.30. The number of nitrogens with zero attached hydrogens (tertiary/aromatic N) is 2. The van der Waals surface area contributed by atoms with Crippen molar-refractivity contribution in [2.24, 2.45) is 11.1 Å². The molecule has 0 spiro atoms. The Bertz CT molecular complexity index is 498. The summed E-state index contributed by atoms with van der Waals surface area (Å²) < 4.78 is 0. The number of hydrogen-bond donors (Lipinski definition) is 0. The fourth-order valence-corrected chi connectivity index (χ4v) is 2.12. The van der Waals surface area contributed by atoms with Crippen molar-refractivity contribution >= 4 is 11.7 Å². The molecule has 2 atom stereocenters. The summed E-state index contributed by atoms with van der Waals surface area (Å²) in [5.74, 6) is -1.74. The normalized spacial score (nSPS) is 20.2. The van der Waals surface area contributed by atoms with Crippen LogP contribution in [-0.4, -0.2) is 23.1 Å².